The van der Waals surface area contributed by atoms with E-state index in [0.29, 0.717) is 17.4 Å². The Labute approximate surface area is 124 Å². The number of aromatic nitrogens is 1. The van der Waals surface area contributed by atoms with Gasteiger partial charge in [-0.2, -0.15) is 0 Å². The SMILES string of the molecule is CCC(C)(C)CNC(=O)c1cc2ccccc2c(Cl)n1. The van der Waals surface area contributed by atoms with Crippen LogP contribution >= 0.6 is 11.6 Å². The first-order valence-corrected chi connectivity index (χ1v) is 7.14. The summed E-state index contributed by atoms with van der Waals surface area (Å²) in [4.78, 5) is 16.4. The lowest BCUT2D eigenvalue weighted by Gasteiger charge is -2.22. The quantitative estimate of drug-likeness (QED) is 0.863. The second-order valence-corrected chi connectivity index (χ2v) is 6.08. The molecule has 4 heteroatoms. The van der Waals surface area contributed by atoms with Crippen molar-refractivity contribution in [3.05, 3.63) is 41.2 Å². The number of benzene rings is 1. The largest absolute Gasteiger partial charge is 0.350 e. The molecule has 106 valence electrons. The van der Waals surface area contributed by atoms with Crippen LogP contribution in [-0.4, -0.2) is 17.4 Å². The molecule has 2 rings (SSSR count). The number of amides is 1. The van der Waals surface area contributed by atoms with Crippen LogP contribution < -0.4 is 5.32 Å². The van der Waals surface area contributed by atoms with Crippen molar-refractivity contribution in [2.24, 2.45) is 5.41 Å². The molecule has 0 saturated heterocycles. The fourth-order valence-corrected chi connectivity index (χ4v) is 2.07. The maximum absolute atomic E-state index is 12.2. The zero-order chi connectivity index (χ0) is 14.8. The summed E-state index contributed by atoms with van der Waals surface area (Å²) in [6.07, 6.45) is 0.999. The molecule has 0 unspecified atom stereocenters. The van der Waals surface area contributed by atoms with Gasteiger partial charge in [0.05, 0.1) is 0 Å². The lowest BCUT2D eigenvalue weighted by molar-refractivity contribution is 0.0931. The molecule has 1 heterocycles. The van der Waals surface area contributed by atoms with Crippen LogP contribution in [0.1, 0.15) is 37.7 Å². The predicted molar refractivity (Wildman–Crippen MR) is 83.2 cm³/mol. The van der Waals surface area contributed by atoms with Gasteiger partial charge in [-0.25, -0.2) is 4.98 Å². The van der Waals surface area contributed by atoms with Gasteiger partial charge in [0.2, 0.25) is 0 Å². The minimum atomic E-state index is -0.181. The van der Waals surface area contributed by atoms with Crippen LogP contribution in [0.25, 0.3) is 10.8 Å². The van der Waals surface area contributed by atoms with E-state index in [1.165, 1.54) is 0 Å². The van der Waals surface area contributed by atoms with Crippen molar-refractivity contribution < 1.29 is 4.79 Å². The van der Waals surface area contributed by atoms with E-state index in [1.807, 2.05) is 24.3 Å². The number of fused-ring (bicyclic) bond motifs is 1. The zero-order valence-corrected chi connectivity index (χ0v) is 12.8. The zero-order valence-electron chi connectivity index (χ0n) is 12.0. The van der Waals surface area contributed by atoms with Gasteiger partial charge in [0.15, 0.2) is 0 Å². The number of carbonyl (C=O) groups excluding carboxylic acids is 1. The van der Waals surface area contributed by atoms with Crippen LogP contribution in [0, 0.1) is 5.41 Å². The van der Waals surface area contributed by atoms with Crippen LogP contribution in [-0.2, 0) is 0 Å². The molecular weight excluding hydrogens is 272 g/mol. The van der Waals surface area contributed by atoms with E-state index in [-0.39, 0.29) is 11.3 Å². The van der Waals surface area contributed by atoms with Gasteiger partial charge in [-0.3, -0.25) is 4.79 Å². The first-order chi connectivity index (χ1) is 9.43. The molecular formula is C16H19ClN2O. The number of nitrogens with zero attached hydrogens (tertiary/aromatic N) is 1. The summed E-state index contributed by atoms with van der Waals surface area (Å²) in [5.41, 5.74) is 0.441. The van der Waals surface area contributed by atoms with Crippen LogP contribution in [0.15, 0.2) is 30.3 Å². The van der Waals surface area contributed by atoms with E-state index >= 15 is 0 Å². The summed E-state index contributed by atoms with van der Waals surface area (Å²) in [5, 5.41) is 5.07. The number of carbonyl (C=O) groups is 1. The van der Waals surface area contributed by atoms with Crippen LogP contribution in [0.5, 0.6) is 0 Å². The van der Waals surface area contributed by atoms with Crippen LogP contribution in [0.4, 0.5) is 0 Å². The molecule has 3 nitrogen and oxygen atoms in total. The molecule has 0 aliphatic carbocycles. The van der Waals surface area contributed by atoms with Crippen LogP contribution in [0.2, 0.25) is 5.15 Å². The van der Waals surface area contributed by atoms with E-state index in [0.717, 1.165) is 17.2 Å². The number of halogens is 1. The van der Waals surface area contributed by atoms with E-state index in [4.69, 9.17) is 11.6 Å². The van der Waals surface area contributed by atoms with Gasteiger partial charge in [-0.05, 0) is 23.3 Å². The van der Waals surface area contributed by atoms with Crippen molar-refractivity contribution in [3.8, 4) is 0 Å². The average Bonchev–Trinajstić information content (AvgIpc) is 2.45. The molecule has 0 radical (unpaired) electrons. The molecule has 1 amide bonds. The van der Waals surface area contributed by atoms with Gasteiger partial charge in [0, 0.05) is 11.9 Å². The predicted octanol–water partition coefficient (Wildman–Crippen LogP) is 4.05. The minimum absolute atomic E-state index is 0.0797. The summed E-state index contributed by atoms with van der Waals surface area (Å²) in [6, 6.07) is 9.41. The topological polar surface area (TPSA) is 42.0 Å². The van der Waals surface area contributed by atoms with E-state index in [1.54, 1.807) is 6.07 Å². The molecule has 0 atom stereocenters. The normalized spacial score (nSPS) is 11.6. The molecule has 0 aliphatic heterocycles. The molecule has 1 aromatic carbocycles. The lowest BCUT2D eigenvalue weighted by Crippen LogP contribution is -2.34. The van der Waals surface area contributed by atoms with Gasteiger partial charge in [-0.1, -0.05) is 56.6 Å². The summed E-state index contributed by atoms with van der Waals surface area (Å²) in [7, 11) is 0. The molecule has 2 aromatic rings. The number of pyridine rings is 1. The Morgan fingerprint density at radius 2 is 2.05 bits per heavy atom. The first kappa shape index (κ1) is 14.8. The number of hydrogen-bond donors (Lipinski definition) is 1. The molecule has 0 aliphatic rings. The van der Waals surface area contributed by atoms with Gasteiger partial charge in [0.1, 0.15) is 10.8 Å². The minimum Gasteiger partial charge on any atom is -0.350 e. The highest BCUT2D eigenvalue weighted by atomic mass is 35.5. The third kappa shape index (κ3) is 3.28. The standard InChI is InChI=1S/C16H19ClN2O/c1-4-16(2,3)10-18-15(20)13-9-11-7-5-6-8-12(11)14(17)19-13/h5-9H,4,10H2,1-3H3,(H,18,20). The van der Waals surface area contributed by atoms with Crippen molar-refractivity contribution >= 4 is 28.3 Å². The summed E-state index contributed by atoms with van der Waals surface area (Å²) < 4.78 is 0. The number of hydrogen-bond acceptors (Lipinski definition) is 2. The van der Waals surface area contributed by atoms with Gasteiger partial charge in [0.25, 0.3) is 5.91 Å². The Balaban J connectivity index is 2.23. The Morgan fingerprint density at radius 1 is 1.35 bits per heavy atom. The van der Waals surface area contributed by atoms with Crippen molar-refractivity contribution in [1.82, 2.24) is 10.3 Å². The van der Waals surface area contributed by atoms with Crippen molar-refractivity contribution in [3.63, 3.8) is 0 Å². The summed E-state index contributed by atoms with van der Waals surface area (Å²) in [5.74, 6) is -0.181. The fourth-order valence-electron chi connectivity index (χ4n) is 1.81. The van der Waals surface area contributed by atoms with E-state index in [2.05, 4.69) is 31.1 Å². The Morgan fingerprint density at radius 3 is 2.75 bits per heavy atom. The maximum Gasteiger partial charge on any atom is 0.269 e. The molecule has 20 heavy (non-hydrogen) atoms. The third-order valence-corrected chi connectivity index (χ3v) is 3.90. The van der Waals surface area contributed by atoms with Gasteiger partial charge in [-0.15, -0.1) is 0 Å². The number of rotatable bonds is 4. The van der Waals surface area contributed by atoms with Crippen molar-refractivity contribution in [2.75, 3.05) is 6.54 Å². The number of nitrogens with one attached hydrogen (secondary N) is 1. The summed E-state index contributed by atoms with van der Waals surface area (Å²) in [6.45, 7) is 6.97. The molecule has 0 spiro atoms. The van der Waals surface area contributed by atoms with Gasteiger partial charge < -0.3 is 5.32 Å². The molecule has 1 N–H and O–H groups in total. The van der Waals surface area contributed by atoms with Crippen molar-refractivity contribution in [2.45, 2.75) is 27.2 Å². The highest BCUT2D eigenvalue weighted by molar-refractivity contribution is 6.34. The maximum atomic E-state index is 12.2. The Hall–Kier alpha value is -1.61. The molecule has 0 bridgehead atoms. The molecule has 0 fully saturated rings. The van der Waals surface area contributed by atoms with Crippen molar-refractivity contribution in [1.29, 1.82) is 0 Å². The Kier molecular flexibility index (Phi) is 4.29. The molecule has 0 saturated carbocycles. The summed E-state index contributed by atoms with van der Waals surface area (Å²) >= 11 is 6.13. The second kappa shape index (κ2) is 5.80. The highest BCUT2D eigenvalue weighted by Crippen LogP contribution is 2.22. The van der Waals surface area contributed by atoms with Crippen LogP contribution in [0.3, 0.4) is 0 Å². The fraction of sp³-hybridized carbons (Fsp3) is 0.375. The van der Waals surface area contributed by atoms with E-state index < -0.39 is 0 Å². The smallest absolute Gasteiger partial charge is 0.269 e. The lowest BCUT2D eigenvalue weighted by atomic mass is 9.90. The monoisotopic (exact) mass is 290 g/mol. The first-order valence-electron chi connectivity index (χ1n) is 6.76. The van der Waals surface area contributed by atoms with E-state index in [9.17, 15) is 4.79 Å². The highest BCUT2D eigenvalue weighted by Gasteiger charge is 2.18. The van der Waals surface area contributed by atoms with Gasteiger partial charge >= 0.3 is 0 Å². The average molecular weight is 291 g/mol. The Bertz CT molecular complexity index is 637. The third-order valence-electron chi connectivity index (χ3n) is 3.61. The molecule has 1 aromatic heterocycles. The second-order valence-electron chi connectivity index (χ2n) is 5.72.